The summed E-state index contributed by atoms with van der Waals surface area (Å²) in [5, 5.41) is 15.5. The average molecular weight is 514 g/mol. The van der Waals surface area contributed by atoms with E-state index in [1.807, 2.05) is 30.3 Å². The Bertz CT molecular complexity index is 1530. The first kappa shape index (κ1) is 23.7. The highest BCUT2D eigenvalue weighted by Crippen LogP contribution is 2.49. The Morgan fingerprint density at radius 3 is 2.76 bits per heavy atom. The molecule has 3 heterocycles. The van der Waals surface area contributed by atoms with E-state index >= 15 is 0 Å². The molecule has 0 spiro atoms. The normalized spacial score (nSPS) is 23.2. The molecule has 3 unspecified atom stereocenters. The van der Waals surface area contributed by atoms with Crippen molar-refractivity contribution in [2.24, 2.45) is 11.5 Å². The molecule has 4 aromatic rings. The maximum absolute atomic E-state index is 14.0. The molecule has 2 aromatic carbocycles. The summed E-state index contributed by atoms with van der Waals surface area (Å²) < 4.78 is 0.697. The third kappa shape index (κ3) is 3.72. The quantitative estimate of drug-likeness (QED) is 0.259. The van der Waals surface area contributed by atoms with Gasteiger partial charge in [-0.2, -0.15) is 10.2 Å². The van der Waals surface area contributed by atoms with Crippen molar-refractivity contribution in [3.8, 4) is 11.3 Å². The molecule has 9 nitrogen and oxygen atoms in total. The number of carbonyl (C=O) groups excluding carboxylic acids is 2. The Morgan fingerprint density at radius 1 is 1.19 bits per heavy atom. The van der Waals surface area contributed by atoms with Crippen LogP contribution >= 0.6 is 11.3 Å². The van der Waals surface area contributed by atoms with E-state index in [9.17, 15) is 9.59 Å². The lowest BCUT2D eigenvalue weighted by molar-refractivity contribution is -0.124. The topological polar surface area (TPSA) is 162 Å². The highest BCUT2D eigenvalue weighted by Gasteiger charge is 2.49. The summed E-state index contributed by atoms with van der Waals surface area (Å²) in [6, 6.07) is 13.7. The molecule has 0 saturated carbocycles. The number of aromatic nitrogens is 2. The average Bonchev–Trinajstić information content (AvgIpc) is 3.34. The number of nitrogens with zero attached hydrogens (tertiary/aromatic N) is 2. The van der Waals surface area contributed by atoms with Gasteiger partial charge in [-0.15, -0.1) is 11.3 Å². The van der Waals surface area contributed by atoms with E-state index in [0.717, 1.165) is 24.9 Å². The van der Waals surface area contributed by atoms with Gasteiger partial charge in [0.05, 0.1) is 27.5 Å². The second-order valence-electron chi connectivity index (χ2n) is 9.61. The number of hydrogen-bond donors (Lipinski definition) is 5. The van der Waals surface area contributed by atoms with Crippen molar-refractivity contribution in [1.82, 2.24) is 20.8 Å². The zero-order valence-corrected chi connectivity index (χ0v) is 20.8. The smallest absolute Gasteiger partial charge is 0.262 e. The van der Waals surface area contributed by atoms with Gasteiger partial charge in [0.2, 0.25) is 0 Å². The number of rotatable bonds is 4. The van der Waals surface area contributed by atoms with Crippen LogP contribution in [0.25, 0.3) is 21.3 Å². The number of piperidine rings is 1. The molecule has 1 fully saturated rings. The van der Waals surface area contributed by atoms with Crippen molar-refractivity contribution in [1.29, 1.82) is 0 Å². The van der Waals surface area contributed by atoms with Crippen LogP contribution in [0.5, 0.6) is 0 Å². The lowest BCUT2D eigenvalue weighted by Crippen LogP contribution is -2.52. The summed E-state index contributed by atoms with van der Waals surface area (Å²) in [5.74, 6) is -0.662. The fraction of sp³-hybridized carbons (Fsp3) is 0.259. The van der Waals surface area contributed by atoms with Gasteiger partial charge in [-0.3, -0.25) is 9.59 Å². The number of anilines is 1. The SMILES string of the molecule is Nc1ccc2c3c(c(C(=O)NC4CCCNC4)sc13)C(N)C(=O)C2(N)c1cnnc(-c2ccccc2)c1. The minimum atomic E-state index is -1.58. The van der Waals surface area contributed by atoms with Gasteiger partial charge in [0, 0.05) is 40.4 Å². The van der Waals surface area contributed by atoms with Gasteiger partial charge >= 0.3 is 0 Å². The summed E-state index contributed by atoms with van der Waals surface area (Å²) in [6.07, 6.45) is 3.38. The number of benzene rings is 2. The number of nitrogens with one attached hydrogen (secondary N) is 2. The molecule has 1 aliphatic heterocycles. The van der Waals surface area contributed by atoms with Crippen LogP contribution < -0.4 is 27.8 Å². The Hall–Kier alpha value is -3.70. The van der Waals surface area contributed by atoms with E-state index < -0.39 is 17.4 Å². The number of amides is 1. The van der Waals surface area contributed by atoms with Gasteiger partial charge < -0.3 is 27.8 Å². The standard InChI is InChI=1S/C27H27N7O2S/c28-18-9-8-17-20-21(24(37-23(18)20)26(36)33-16-7-4-10-31-13-16)22(29)25(35)27(17,30)15-11-19(34-32-12-15)14-5-2-1-3-6-14/h1-3,5-6,8-9,11-12,16,22,31H,4,7,10,13,28-30H2,(H,33,36). The van der Waals surface area contributed by atoms with Gasteiger partial charge in [0.25, 0.3) is 5.91 Å². The van der Waals surface area contributed by atoms with E-state index in [4.69, 9.17) is 17.2 Å². The molecule has 1 amide bonds. The van der Waals surface area contributed by atoms with Crippen LogP contribution in [-0.4, -0.2) is 41.0 Å². The molecule has 0 bridgehead atoms. The molecule has 6 rings (SSSR count). The monoisotopic (exact) mass is 513 g/mol. The first-order valence-corrected chi connectivity index (χ1v) is 13.1. The molecule has 3 atom stereocenters. The molecule has 8 N–H and O–H groups in total. The van der Waals surface area contributed by atoms with Crippen LogP contribution in [-0.2, 0) is 10.3 Å². The van der Waals surface area contributed by atoms with Crippen LogP contribution in [0.2, 0.25) is 0 Å². The summed E-state index contributed by atoms with van der Waals surface area (Å²) in [5.41, 5.74) is 21.8. The molecule has 10 heteroatoms. The third-order valence-corrected chi connectivity index (χ3v) is 8.58. The number of Topliss-reactive ketones (excluding diaryl/α,β-unsaturated/α-hetero) is 1. The Morgan fingerprint density at radius 2 is 2.00 bits per heavy atom. The van der Waals surface area contributed by atoms with E-state index in [2.05, 4.69) is 20.8 Å². The van der Waals surface area contributed by atoms with Crippen molar-refractivity contribution >= 4 is 38.8 Å². The number of thiophene rings is 1. The molecule has 0 radical (unpaired) electrons. The fourth-order valence-corrected chi connectivity index (χ4v) is 6.61. The summed E-state index contributed by atoms with van der Waals surface area (Å²) in [7, 11) is 0. The van der Waals surface area contributed by atoms with E-state index in [1.54, 1.807) is 18.2 Å². The highest BCUT2D eigenvalue weighted by molar-refractivity contribution is 7.21. The second kappa shape index (κ2) is 9.00. The van der Waals surface area contributed by atoms with Gasteiger partial charge in [0.15, 0.2) is 5.78 Å². The van der Waals surface area contributed by atoms with Gasteiger partial charge in [-0.05, 0) is 37.1 Å². The minimum Gasteiger partial charge on any atom is -0.398 e. The first-order chi connectivity index (χ1) is 17.9. The van der Waals surface area contributed by atoms with Crippen LogP contribution in [0.15, 0.2) is 54.7 Å². The summed E-state index contributed by atoms with van der Waals surface area (Å²) in [4.78, 5) is 27.8. The van der Waals surface area contributed by atoms with E-state index in [0.29, 0.717) is 49.6 Å². The van der Waals surface area contributed by atoms with Gasteiger partial charge in [-0.25, -0.2) is 0 Å². The maximum atomic E-state index is 14.0. The molecule has 2 aromatic heterocycles. The van der Waals surface area contributed by atoms with Gasteiger partial charge in [-0.1, -0.05) is 36.4 Å². The highest BCUT2D eigenvalue weighted by atomic mass is 32.1. The van der Waals surface area contributed by atoms with Crippen LogP contribution in [0, 0.1) is 0 Å². The van der Waals surface area contributed by atoms with Crippen LogP contribution in [0.4, 0.5) is 5.69 Å². The number of hydrogen-bond acceptors (Lipinski definition) is 9. The number of nitrogens with two attached hydrogens (primary N) is 3. The largest absolute Gasteiger partial charge is 0.398 e. The Balaban J connectivity index is 1.51. The van der Waals surface area contributed by atoms with Crippen molar-refractivity contribution in [2.45, 2.75) is 30.5 Å². The second-order valence-corrected chi connectivity index (χ2v) is 10.6. The van der Waals surface area contributed by atoms with Crippen molar-refractivity contribution in [3.63, 3.8) is 0 Å². The first-order valence-electron chi connectivity index (χ1n) is 12.2. The molecular weight excluding hydrogens is 486 g/mol. The maximum Gasteiger partial charge on any atom is 0.262 e. The van der Waals surface area contributed by atoms with E-state index in [1.165, 1.54) is 17.5 Å². The predicted molar refractivity (Wildman–Crippen MR) is 144 cm³/mol. The summed E-state index contributed by atoms with van der Waals surface area (Å²) >= 11 is 1.25. The summed E-state index contributed by atoms with van der Waals surface area (Å²) in [6.45, 7) is 1.64. The number of nitrogen functional groups attached to an aromatic ring is 1. The number of carbonyl (C=O) groups is 2. The molecule has 188 valence electrons. The Labute approximate surface area is 217 Å². The van der Waals surface area contributed by atoms with Gasteiger partial charge in [0.1, 0.15) is 5.54 Å². The number of ketones is 1. The molecular formula is C27H27N7O2S. The van der Waals surface area contributed by atoms with Crippen molar-refractivity contribution in [3.05, 3.63) is 76.3 Å². The van der Waals surface area contributed by atoms with E-state index in [-0.39, 0.29) is 11.9 Å². The zero-order valence-electron chi connectivity index (χ0n) is 20.0. The molecule has 37 heavy (non-hydrogen) atoms. The minimum absolute atomic E-state index is 0.0129. The fourth-order valence-electron chi connectivity index (χ4n) is 5.41. The molecule has 1 aliphatic carbocycles. The van der Waals surface area contributed by atoms with Crippen LogP contribution in [0.1, 0.15) is 45.2 Å². The lowest BCUT2D eigenvalue weighted by atomic mass is 9.71. The molecule has 2 aliphatic rings. The predicted octanol–water partition coefficient (Wildman–Crippen LogP) is 2.21. The molecule has 1 saturated heterocycles. The van der Waals surface area contributed by atoms with Crippen molar-refractivity contribution < 1.29 is 9.59 Å². The Kier molecular flexibility index (Phi) is 5.76. The van der Waals surface area contributed by atoms with Crippen LogP contribution in [0.3, 0.4) is 0 Å². The third-order valence-electron chi connectivity index (χ3n) is 7.33. The zero-order chi connectivity index (χ0) is 25.7. The van der Waals surface area contributed by atoms with Crippen molar-refractivity contribution in [2.75, 3.05) is 18.8 Å². The lowest BCUT2D eigenvalue weighted by Gasteiger charge is -2.36.